The Morgan fingerprint density at radius 2 is 1.79 bits per heavy atom. The van der Waals surface area contributed by atoms with Gasteiger partial charge in [-0.15, -0.1) is 11.3 Å². The number of sulfonamides is 1. The molecule has 4 nitrogen and oxygen atoms in total. The van der Waals surface area contributed by atoms with Crippen LogP contribution in [0.4, 0.5) is 0 Å². The summed E-state index contributed by atoms with van der Waals surface area (Å²) in [5.74, 6) is 0. The number of nitrogens with one attached hydrogen (secondary N) is 1. The molecule has 2 aromatic rings. The second kappa shape index (κ2) is 7.72. The van der Waals surface area contributed by atoms with E-state index in [1.807, 2.05) is 18.2 Å². The number of likely N-dealkylation sites (tertiary alicyclic amines) is 1. The Morgan fingerprint density at radius 3 is 2.42 bits per heavy atom. The number of halogens is 2. The standard InChI is InChI=1S/C16H18Cl2N2O2S2/c17-15-9-14(16(18)23-15)24(21,22)19-10-12-5-1-2-6-13(12)11-20-7-3-4-8-20/h1-2,5-6,9,19H,3-4,7-8,10-11H2. The molecule has 1 aliphatic rings. The molecule has 8 heteroatoms. The van der Waals surface area contributed by atoms with Gasteiger partial charge in [-0.2, -0.15) is 0 Å². The van der Waals surface area contributed by atoms with Crippen molar-refractivity contribution in [1.29, 1.82) is 0 Å². The van der Waals surface area contributed by atoms with E-state index in [9.17, 15) is 8.42 Å². The highest BCUT2D eigenvalue weighted by Gasteiger charge is 2.21. The summed E-state index contributed by atoms with van der Waals surface area (Å²) < 4.78 is 28.0. The minimum absolute atomic E-state index is 0.0381. The van der Waals surface area contributed by atoms with E-state index >= 15 is 0 Å². The van der Waals surface area contributed by atoms with Gasteiger partial charge in [0.05, 0.1) is 4.34 Å². The highest BCUT2D eigenvalue weighted by Crippen LogP contribution is 2.34. The van der Waals surface area contributed by atoms with Gasteiger partial charge in [-0.3, -0.25) is 4.90 Å². The second-order valence-electron chi connectivity index (χ2n) is 5.76. The average molecular weight is 405 g/mol. The van der Waals surface area contributed by atoms with Crippen molar-refractivity contribution in [2.45, 2.75) is 30.8 Å². The molecule has 1 N–H and O–H groups in total. The van der Waals surface area contributed by atoms with Crippen molar-refractivity contribution in [3.05, 3.63) is 50.1 Å². The Bertz CT molecular complexity index is 815. The first-order chi connectivity index (χ1) is 11.5. The molecule has 0 spiro atoms. The molecular weight excluding hydrogens is 387 g/mol. The first-order valence-electron chi connectivity index (χ1n) is 7.69. The number of benzene rings is 1. The highest BCUT2D eigenvalue weighted by molar-refractivity contribution is 7.89. The molecule has 0 saturated carbocycles. The van der Waals surface area contributed by atoms with Crippen LogP contribution in [0, 0.1) is 0 Å². The molecule has 2 heterocycles. The van der Waals surface area contributed by atoms with E-state index in [0.717, 1.165) is 42.1 Å². The van der Waals surface area contributed by atoms with Crippen LogP contribution in [0.15, 0.2) is 35.2 Å². The molecule has 130 valence electrons. The molecule has 1 aromatic carbocycles. The predicted molar refractivity (Wildman–Crippen MR) is 99.3 cm³/mol. The lowest BCUT2D eigenvalue weighted by Crippen LogP contribution is -2.25. The van der Waals surface area contributed by atoms with E-state index in [1.54, 1.807) is 0 Å². The van der Waals surface area contributed by atoms with Crippen LogP contribution in [0.5, 0.6) is 0 Å². The summed E-state index contributed by atoms with van der Waals surface area (Å²) in [6.45, 7) is 3.28. The SMILES string of the molecule is O=S(=O)(NCc1ccccc1CN1CCCC1)c1cc(Cl)sc1Cl. The number of rotatable bonds is 6. The van der Waals surface area contributed by atoms with Crippen molar-refractivity contribution in [2.24, 2.45) is 0 Å². The Kier molecular flexibility index (Phi) is 5.85. The third-order valence-electron chi connectivity index (χ3n) is 4.08. The topological polar surface area (TPSA) is 49.4 Å². The maximum absolute atomic E-state index is 12.4. The largest absolute Gasteiger partial charge is 0.299 e. The van der Waals surface area contributed by atoms with E-state index in [0.29, 0.717) is 4.34 Å². The molecule has 0 atom stereocenters. The van der Waals surface area contributed by atoms with Gasteiger partial charge in [0.2, 0.25) is 10.0 Å². The van der Waals surface area contributed by atoms with Crippen molar-refractivity contribution in [1.82, 2.24) is 9.62 Å². The van der Waals surface area contributed by atoms with Gasteiger partial charge in [0.1, 0.15) is 9.23 Å². The van der Waals surface area contributed by atoms with Crippen molar-refractivity contribution >= 4 is 44.6 Å². The van der Waals surface area contributed by atoms with Crippen LogP contribution in [0.3, 0.4) is 0 Å². The molecule has 3 rings (SSSR count). The third-order valence-corrected chi connectivity index (χ3v) is 7.23. The fraction of sp³-hybridized carbons (Fsp3) is 0.375. The zero-order valence-electron chi connectivity index (χ0n) is 13.0. The molecule has 1 aromatic heterocycles. The fourth-order valence-electron chi connectivity index (χ4n) is 2.82. The van der Waals surface area contributed by atoms with Crippen molar-refractivity contribution < 1.29 is 8.42 Å². The first-order valence-corrected chi connectivity index (χ1v) is 10.7. The molecule has 0 radical (unpaired) electrons. The third kappa shape index (κ3) is 4.31. The molecule has 1 fully saturated rings. The molecule has 0 aliphatic carbocycles. The quantitative estimate of drug-likeness (QED) is 0.786. The second-order valence-corrected chi connectivity index (χ2v) is 9.79. The van der Waals surface area contributed by atoms with E-state index in [-0.39, 0.29) is 15.8 Å². The van der Waals surface area contributed by atoms with Gasteiger partial charge in [0, 0.05) is 13.1 Å². The summed E-state index contributed by atoms with van der Waals surface area (Å²) in [5, 5.41) is 0. The number of nitrogens with zero attached hydrogens (tertiary/aromatic N) is 1. The van der Waals surface area contributed by atoms with Crippen LogP contribution < -0.4 is 4.72 Å². The fourth-order valence-corrected chi connectivity index (χ4v) is 5.98. The maximum Gasteiger partial charge on any atom is 0.243 e. The summed E-state index contributed by atoms with van der Waals surface area (Å²) in [5.41, 5.74) is 2.13. The minimum Gasteiger partial charge on any atom is -0.299 e. The smallest absolute Gasteiger partial charge is 0.243 e. The highest BCUT2D eigenvalue weighted by atomic mass is 35.5. The molecular formula is C16H18Cl2N2O2S2. The molecule has 0 unspecified atom stereocenters. The number of hydrogen-bond acceptors (Lipinski definition) is 4. The van der Waals surface area contributed by atoms with E-state index in [1.165, 1.54) is 18.9 Å². The van der Waals surface area contributed by atoms with E-state index in [2.05, 4.69) is 15.7 Å². The lowest BCUT2D eigenvalue weighted by molar-refractivity contribution is 0.330. The van der Waals surface area contributed by atoms with Crippen LogP contribution in [0.1, 0.15) is 24.0 Å². The predicted octanol–water partition coefficient (Wildman–Crippen LogP) is 4.13. The lowest BCUT2D eigenvalue weighted by atomic mass is 10.1. The lowest BCUT2D eigenvalue weighted by Gasteiger charge is -2.17. The molecule has 0 amide bonds. The molecule has 1 aliphatic heterocycles. The monoisotopic (exact) mass is 404 g/mol. The molecule has 1 saturated heterocycles. The van der Waals surface area contributed by atoms with Crippen LogP contribution in [-0.2, 0) is 23.1 Å². The summed E-state index contributed by atoms with van der Waals surface area (Å²) in [4.78, 5) is 2.43. The number of hydrogen-bond donors (Lipinski definition) is 1. The molecule has 0 bridgehead atoms. The summed E-state index contributed by atoms with van der Waals surface area (Å²) in [7, 11) is -3.68. The van der Waals surface area contributed by atoms with Gasteiger partial charge in [-0.05, 0) is 43.1 Å². The van der Waals surface area contributed by atoms with Crippen LogP contribution in [0.25, 0.3) is 0 Å². The van der Waals surface area contributed by atoms with Gasteiger partial charge >= 0.3 is 0 Å². The van der Waals surface area contributed by atoms with Crippen LogP contribution in [-0.4, -0.2) is 26.4 Å². The van der Waals surface area contributed by atoms with Gasteiger partial charge in [0.25, 0.3) is 0 Å². The average Bonchev–Trinajstić information content (AvgIpc) is 3.16. The van der Waals surface area contributed by atoms with E-state index in [4.69, 9.17) is 23.2 Å². The van der Waals surface area contributed by atoms with Crippen molar-refractivity contribution in [3.63, 3.8) is 0 Å². The molecule has 24 heavy (non-hydrogen) atoms. The Morgan fingerprint density at radius 1 is 1.12 bits per heavy atom. The Labute approximate surface area is 156 Å². The van der Waals surface area contributed by atoms with Gasteiger partial charge in [0.15, 0.2) is 0 Å². The zero-order chi connectivity index (χ0) is 17.2. The first kappa shape index (κ1) is 18.2. The van der Waals surface area contributed by atoms with Gasteiger partial charge < -0.3 is 0 Å². The minimum atomic E-state index is -3.68. The Balaban J connectivity index is 1.73. The van der Waals surface area contributed by atoms with Gasteiger partial charge in [-0.1, -0.05) is 47.5 Å². The number of thiophene rings is 1. The zero-order valence-corrected chi connectivity index (χ0v) is 16.1. The van der Waals surface area contributed by atoms with Crippen LogP contribution >= 0.6 is 34.5 Å². The normalized spacial score (nSPS) is 15.9. The maximum atomic E-state index is 12.4. The van der Waals surface area contributed by atoms with Gasteiger partial charge in [-0.25, -0.2) is 13.1 Å². The summed E-state index contributed by atoms with van der Waals surface area (Å²) in [6.07, 6.45) is 2.46. The summed E-state index contributed by atoms with van der Waals surface area (Å²) in [6, 6.07) is 9.30. The Hall–Kier alpha value is -0.630. The van der Waals surface area contributed by atoms with E-state index < -0.39 is 10.0 Å². The summed E-state index contributed by atoms with van der Waals surface area (Å²) >= 11 is 12.9. The van der Waals surface area contributed by atoms with Crippen molar-refractivity contribution in [2.75, 3.05) is 13.1 Å². The van der Waals surface area contributed by atoms with Crippen molar-refractivity contribution in [3.8, 4) is 0 Å². The van der Waals surface area contributed by atoms with Crippen LogP contribution in [0.2, 0.25) is 8.67 Å².